The molecule has 1 nitrogen and oxygen atoms in total. The molecule has 0 aliphatic carbocycles. The van der Waals surface area contributed by atoms with E-state index in [4.69, 9.17) is 4.98 Å². The molecule has 0 saturated heterocycles. The van der Waals surface area contributed by atoms with Crippen molar-refractivity contribution in [3.05, 3.63) is 39.6 Å². The average molecular weight is 269 g/mol. The van der Waals surface area contributed by atoms with Gasteiger partial charge in [-0.05, 0) is 74.3 Å². The van der Waals surface area contributed by atoms with E-state index in [-0.39, 0.29) is 0 Å². The molecule has 0 aliphatic rings. The lowest BCUT2D eigenvalue weighted by Crippen LogP contribution is -2.13. The van der Waals surface area contributed by atoms with Crippen LogP contribution in [0.3, 0.4) is 0 Å². The molecule has 1 aromatic carbocycles. The summed E-state index contributed by atoms with van der Waals surface area (Å²) < 4.78 is 0. The van der Waals surface area contributed by atoms with Crippen LogP contribution in [-0.4, -0.2) is 4.98 Å². The van der Waals surface area contributed by atoms with Gasteiger partial charge in [-0.15, -0.1) is 0 Å². The maximum atomic E-state index is 4.94. The van der Waals surface area contributed by atoms with Crippen LogP contribution in [0.25, 0.3) is 10.9 Å². The molecular weight excluding hydrogens is 242 g/mol. The number of nitrogens with zero attached hydrogens (tertiary/aromatic N) is 1. The summed E-state index contributed by atoms with van der Waals surface area (Å²) >= 11 is 0. The largest absolute Gasteiger partial charge is 0.253 e. The molecule has 0 amide bonds. The molecule has 0 radical (unpaired) electrons. The second kappa shape index (κ2) is 4.87. The lowest BCUT2D eigenvalue weighted by Gasteiger charge is -2.23. The van der Waals surface area contributed by atoms with Crippen LogP contribution < -0.4 is 0 Å². The lowest BCUT2D eigenvalue weighted by molar-refractivity contribution is 0.409. The predicted molar refractivity (Wildman–Crippen MR) is 88.6 cm³/mol. The van der Waals surface area contributed by atoms with Gasteiger partial charge >= 0.3 is 0 Å². The second-order valence-corrected chi connectivity index (χ2v) is 7.40. The molecule has 1 heteroatoms. The molecule has 0 unspecified atom stereocenters. The van der Waals surface area contributed by atoms with E-state index in [1.807, 2.05) is 0 Å². The number of benzene rings is 1. The predicted octanol–water partition coefficient (Wildman–Crippen LogP) is 5.37. The molecule has 0 N–H and O–H groups in total. The fourth-order valence-electron chi connectivity index (χ4n) is 3.13. The van der Waals surface area contributed by atoms with Gasteiger partial charge in [0.1, 0.15) is 0 Å². The zero-order chi connectivity index (χ0) is 15.2. The first-order valence-corrected chi connectivity index (χ1v) is 7.48. The van der Waals surface area contributed by atoms with E-state index in [9.17, 15) is 0 Å². The van der Waals surface area contributed by atoms with E-state index >= 15 is 0 Å². The Morgan fingerprint density at radius 2 is 1.50 bits per heavy atom. The Hall–Kier alpha value is -1.37. The lowest BCUT2D eigenvalue weighted by atomic mass is 9.84. The topological polar surface area (TPSA) is 12.9 Å². The van der Waals surface area contributed by atoms with Crippen LogP contribution in [-0.2, 0) is 6.42 Å². The van der Waals surface area contributed by atoms with Crippen LogP contribution in [0.5, 0.6) is 0 Å². The third-order valence-corrected chi connectivity index (χ3v) is 4.26. The van der Waals surface area contributed by atoms with E-state index < -0.39 is 0 Å². The van der Waals surface area contributed by atoms with Crippen molar-refractivity contribution < 1.29 is 0 Å². The molecule has 0 spiro atoms. The molecule has 0 aliphatic heterocycles. The van der Waals surface area contributed by atoms with Crippen molar-refractivity contribution in [2.24, 2.45) is 5.41 Å². The molecule has 0 fully saturated rings. The third-order valence-electron chi connectivity index (χ3n) is 4.26. The number of hydrogen-bond acceptors (Lipinski definition) is 1. The fraction of sp³-hybridized carbons (Fsp3) is 0.526. The SMILES string of the molecule is Cc1cc(C)c2c(C)c(CC(C)(C)C)c(C)nc2c1C. The number of aryl methyl sites for hydroxylation is 5. The van der Waals surface area contributed by atoms with Crippen molar-refractivity contribution in [2.45, 2.75) is 61.8 Å². The number of rotatable bonds is 1. The zero-order valence-electron chi connectivity index (χ0n) is 14.2. The van der Waals surface area contributed by atoms with Gasteiger partial charge < -0.3 is 0 Å². The van der Waals surface area contributed by atoms with Gasteiger partial charge in [-0.25, -0.2) is 0 Å². The molecule has 0 saturated carbocycles. The maximum Gasteiger partial charge on any atom is 0.0742 e. The van der Waals surface area contributed by atoms with Gasteiger partial charge in [-0.3, -0.25) is 4.98 Å². The molecule has 1 aromatic heterocycles. The van der Waals surface area contributed by atoms with Crippen molar-refractivity contribution in [3.8, 4) is 0 Å². The first kappa shape index (κ1) is 15.0. The standard InChI is InChI=1S/C19H27N/c1-11-9-12(2)17-14(4)16(10-19(6,7)8)15(5)20-18(17)13(11)3/h9H,10H2,1-8H3. The first-order chi connectivity index (χ1) is 9.11. The van der Waals surface area contributed by atoms with Gasteiger partial charge in [0.05, 0.1) is 5.52 Å². The maximum absolute atomic E-state index is 4.94. The number of fused-ring (bicyclic) bond motifs is 1. The van der Waals surface area contributed by atoms with Gasteiger partial charge in [-0.1, -0.05) is 26.8 Å². The smallest absolute Gasteiger partial charge is 0.0742 e. The molecule has 108 valence electrons. The van der Waals surface area contributed by atoms with E-state index in [1.54, 1.807) is 0 Å². The van der Waals surface area contributed by atoms with Crippen LogP contribution in [0.1, 0.15) is 54.3 Å². The van der Waals surface area contributed by atoms with Crippen molar-refractivity contribution in [1.82, 2.24) is 4.98 Å². The van der Waals surface area contributed by atoms with Crippen LogP contribution >= 0.6 is 0 Å². The minimum atomic E-state index is 0.290. The Kier molecular flexibility index (Phi) is 3.66. The van der Waals surface area contributed by atoms with Gasteiger partial charge in [0.15, 0.2) is 0 Å². The van der Waals surface area contributed by atoms with Crippen molar-refractivity contribution >= 4 is 10.9 Å². The monoisotopic (exact) mass is 269 g/mol. The Morgan fingerprint density at radius 1 is 0.900 bits per heavy atom. The van der Waals surface area contributed by atoms with Crippen LogP contribution in [0.2, 0.25) is 0 Å². The Balaban J connectivity index is 2.83. The quantitative estimate of drug-likeness (QED) is 0.678. The summed E-state index contributed by atoms with van der Waals surface area (Å²) in [6.07, 6.45) is 1.08. The number of hydrogen-bond donors (Lipinski definition) is 0. The van der Waals surface area contributed by atoms with E-state index in [0.717, 1.165) is 6.42 Å². The van der Waals surface area contributed by atoms with Gasteiger partial charge in [0, 0.05) is 11.1 Å². The second-order valence-electron chi connectivity index (χ2n) is 7.40. The summed E-state index contributed by atoms with van der Waals surface area (Å²) in [7, 11) is 0. The molecule has 0 atom stereocenters. The van der Waals surface area contributed by atoms with Crippen molar-refractivity contribution in [3.63, 3.8) is 0 Å². The highest BCUT2D eigenvalue weighted by molar-refractivity contribution is 5.90. The minimum absolute atomic E-state index is 0.290. The summed E-state index contributed by atoms with van der Waals surface area (Å²) in [6.45, 7) is 17.9. The molecule has 20 heavy (non-hydrogen) atoms. The number of aromatic nitrogens is 1. The third kappa shape index (κ3) is 2.59. The fourth-order valence-corrected chi connectivity index (χ4v) is 3.13. The molecule has 2 rings (SSSR count). The summed E-state index contributed by atoms with van der Waals surface area (Å²) in [6, 6.07) is 2.29. The van der Waals surface area contributed by atoms with Crippen LogP contribution in [0.4, 0.5) is 0 Å². The van der Waals surface area contributed by atoms with Crippen molar-refractivity contribution in [1.29, 1.82) is 0 Å². The molecular formula is C19H27N. The van der Waals surface area contributed by atoms with Gasteiger partial charge in [-0.2, -0.15) is 0 Å². The van der Waals surface area contributed by atoms with E-state index in [2.05, 4.69) is 61.5 Å². The van der Waals surface area contributed by atoms with Crippen molar-refractivity contribution in [2.75, 3.05) is 0 Å². The highest BCUT2D eigenvalue weighted by Crippen LogP contribution is 2.32. The zero-order valence-corrected chi connectivity index (χ0v) is 14.2. The molecule has 1 heterocycles. The Bertz CT molecular complexity index is 673. The normalized spacial score (nSPS) is 12.2. The van der Waals surface area contributed by atoms with Gasteiger partial charge in [0.2, 0.25) is 0 Å². The van der Waals surface area contributed by atoms with E-state index in [0.29, 0.717) is 5.41 Å². The number of pyridine rings is 1. The molecule has 2 aromatic rings. The Morgan fingerprint density at radius 3 is 2.05 bits per heavy atom. The summed E-state index contributed by atoms with van der Waals surface area (Å²) in [5.41, 5.74) is 9.53. The first-order valence-electron chi connectivity index (χ1n) is 7.48. The van der Waals surface area contributed by atoms with E-state index in [1.165, 1.54) is 44.4 Å². The molecule has 0 bridgehead atoms. The summed E-state index contributed by atoms with van der Waals surface area (Å²) in [4.78, 5) is 4.94. The highest BCUT2D eigenvalue weighted by Gasteiger charge is 2.19. The van der Waals surface area contributed by atoms with Crippen LogP contribution in [0, 0.1) is 40.0 Å². The summed E-state index contributed by atoms with van der Waals surface area (Å²) in [5.74, 6) is 0. The van der Waals surface area contributed by atoms with Crippen LogP contribution in [0.15, 0.2) is 6.07 Å². The average Bonchev–Trinajstić information content (AvgIpc) is 2.29. The minimum Gasteiger partial charge on any atom is -0.253 e. The Labute approximate surface area is 123 Å². The highest BCUT2D eigenvalue weighted by atomic mass is 14.7. The summed E-state index contributed by atoms with van der Waals surface area (Å²) in [5, 5.41) is 1.36. The van der Waals surface area contributed by atoms with Gasteiger partial charge in [0.25, 0.3) is 0 Å².